The lowest BCUT2D eigenvalue weighted by Crippen LogP contribution is -2.52. The van der Waals surface area contributed by atoms with Gasteiger partial charge in [-0.25, -0.2) is 17.9 Å². The van der Waals surface area contributed by atoms with Crippen LogP contribution >= 0.6 is 0 Å². The van der Waals surface area contributed by atoms with Gasteiger partial charge in [0.15, 0.2) is 0 Å². The van der Waals surface area contributed by atoms with Gasteiger partial charge in [0.2, 0.25) is 0 Å². The van der Waals surface area contributed by atoms with Gasteiger partial charge in [0.1, 0.15) is 11.6 Å². The van der Waals surface area contributed by atoms with Crippen molar-refractivity contribution in [2.75, 3.05) is 0 Å². The van der Waals surface area contributed by atoms with Crippen LogP contribution < -0.4 is 10.0 Å². The molecule has 1 aromatic rings. The number of rotatable bonds is 5. The van der Waals surface area contributed by atoms with E-state index in [1.165, 1.54) is 18.2 Å². The zero-order valence-electron chi connectivity index (χ0n) is 15.4. The molecule has 26 heavy (non-hydrogen) atoms. The standard InChI is InChI=1S/C17H23N3O5S/c1-11(2)14(19-16(22)25-17(3,4)5)15(21)20-26(23,24)13-8-6-7-12(9-13)10-18/h6-9,11,14H,1-5H3,(H,19,22)(H,20,21). The van der Waals surface area contributed by atoms with Gasteiger partial charge >= 0.3 is 6.09 Å². The minimum atomic E-state index is -4.18. The third kappa shape index (κ3) is 6.37. The molecule has 0 fully saturated rings. The van der Waals surface area contributed by atoms with Crippen LogP contribution in [0.25, 0.3) is 0 Å². The number of carbonyl (C=O) groups is 2. The van der Waals surface area contributed by atoms with Gasteiger partial charge in [-0.2, -0.15) is 5.26 Å². The van der Waals surface area contributed by atoms with Crippen LogP contribution in [0.1, 0.15) is 40.2 Å². The van der Waals surface area contributed by atoms with Crippen LogP contribution in [0.4, 0.5) is 4.79 Å². The molecule has 0 heterocycles. The van der Waals surface area contributed by atoms with Gasteiger partial charge in [0.05, 0.1) is 16.5 Å². The normalized spacial score (nSPS) is 12.8. The fraction of sp³-hybridized carbons (Fsp3) is 0.471. The van der Waals surface area contributed by atoms with Crippen molar-refractivity contribution < 1.29 is 22.7 Å². The van der Waals surface area contributed by atoms with Gasteiger partial charge in [0, 0.05) is 0 Å². The Kier molecular flexibility index (Phi) is 6.75. The number of nitrogens with zero attached hydrogens (tertiary/aromatic N) is 1. The molecule has 0 aromatic heterocycles. The van der Waals surface area contributed by atoms with Crippen LogP contribution in [0.15, 0.2) is 29.2 Å². The van der Waals surface area contributed by atoms with Gasteiger partial charge < -0.3 is 10.1 Å². The van der Waals surface area contributed by atoms with Crippen molar-refractivity contribution in [1.29, 1.82) is 5.26 Å². The fourth-order valence-electron chi connectivity index (χ4n) is 1.96. The predicted molar refractivity (Wildman–Crippen MR) is 94.5 cm³/mol. The second-order valence-corrected chi connectivity index (χ2v) is 8.66. The van der Waals surface area contributed by atoms with E-state index in [-0.39, 0.29) is 16.4 Å². The smallest absolute Gasteiger partial charge is 0.408 e. The summed E-state index contributed by atoms with van der Waals surface area (Å²) in [5, 5.41) is 11.2. The number of alkyl carbamates (subject to hydrolysis) is 1. The molecule has 1 unspecified atom stereocenters. The molecule has 0 saturated carbocycles. The molecule has 0 bridgehead atoms. The first-order valence-electron chi connectivity index (χ1n) is 7.92. The third-order valence-corrected chi connectivity index (χ3v) is 4.47. The molecule has 0 saturated heterocycles. The summed E-state index contributed by atoms with van der Waals surface area (Å²) in [6, 6.07) is 5.98. The van der Waals surface area contributed by atoms with Crippen molar-refractivity contribution in [3.05, 3.63) is 29.8 Å². The van der Waals surface area contributed by atoms with Crippen molar-refractivity contribution in [1.82, 2.24) is 10.0 Å². The summed E-state index contributed by atoms with van der Waals surface area (Å²) >= 11 is 0. The summed E-state index contributed by atoms with van der Waals surface area (Å²) in [4.78, 5) is 24.1. The summed E-state index contributed by atoms with van der Waals surface area (Å²) in [5.74, 6) is -1.28. The highest BCUT2D eigenvalue weighted by molar-refractivity contribution is 7.90. The number of sulfonamides is 1. The van der Waals surface area contributed by atoms with E-state index in [0.717, 1.165) is 6.07 Å². The maximum atomic E-state index is 12.4. The van der Waals surface area contributed by atoms with E-state index in [0.29, 0.717) is 0 Å². The third-order valence-electron chi connectivity index (χ3n) is 3.13. The number of benzene rings is 1. The monoisotopic (exact) mass is 381 g/mol. The maximum absolute atomic E-state index is 12.4. The van der Waals surface area contributed by atoms with Crippen LogP contribution in [0.5, 0.6) is 0 Å². The molecule has 8 nitrogen and oxygen atoms in total. The summed E-state index contributed by atoms with van der Waals surface area (Å²) < 4.78 is 31.8. The van der Waals surface area contributed by atoms with Crippen molar-refractivity contribution in [3.8, 4) is 6.07 Å². The van der Waals surface area contributed by atoms with E-state index >= 15 is 0 Å². The minimum Gasteiger partial charge on any atom is -0.444 e. The summed E-state index contributed by atoms with van der Waals surface area (Å²) in [6.45, 7) is 8.33. The summed E-state index contributed by atoms with van der Waals surface area (Å²) in [6.07, 6.45) is -0.824. The van der Waals surface area contributed by atoms with Crippen molar-refractivity contribution in [3.63, 3.8) is 0 Å². The molecule has 2 N–H and O–H groups in total. The van der Waals surface area contributed by atoms with Crippen LogP contribution in [-0.2, 0) is 19.6 Å². The Balaban J connectivity index is 2.96. The fourth-order valence-corrected chi connectivity index (χ4v) is 3.01. The topological polar surface area (TPSA) is 125 Å². The molecule has 9 heteroatoms. The van der Waals surface area contributed by atoms with Gasteiger partial charge in [-0.1, -0.05) is 19.9 Å². The molecular formula is C17H23N3O5S. The SMILES string of the molecule is CC(C)C(NC(=O)OC(C)(C)C)C(=O)NS(=O)(=O)c1cccc(C#N)c1. The Morgan fingerprint density at radius 3 is 2.35 bits per heavy atom. The highest BCUT2D eigenvalue weighted by Gasteiger charge is 2.30. The molecule has 1 atom stereocenters. The molecule has 142 valence electrons. The van der Waals surface area contributed by atoms with Gasteiger partial charge in [-0.15, -0.1) is 0 Å². The Labute approximate surface area is 153 Å². The zero-order valence-corrected chi connectivity index (χ0v) is 16.2. The highest BCUT2D eigenvalue weighted by atomic mass is 32.2. The molecule has 2 amide bonds. The highest BCUT2D eigenvalue weighted by Crippen LogP contribution is 2.13. The van der Waals surface area contributed by atoms with Crippen LogP contribution in [-0.4, -0.2) is 32.1 Å². The van der Waals surface area contributed by atoms with Crippen molar-refractivity contribution >= 4 is 22.0 Å². The Morgan fingerprint density at radius 2 is 1.85 bits per heavy atom. The second kappa shape index (κ2) is 8.19. The van der Waals surface area contributed by atoms with Crippen molar-refractivity contribution in [2.24, 2.45) is 5.92 Å². The Hall–Kier alpha value is -2.60. The number of hydrogen-bond donors (Lipinski definition) is 2. The molecule has 0 radical (unpaired) electrons. The zero-order chi connectivity index (χ0) is 20.1. The lowest BCUT2D eigenvalue weighted by molar-refractivity contribution is -0.122. The molecule has 0 aliphatic rings. The van der Waals surface area contributed by atoms with E-state index in [1.807, 2.05) is 10.8 Å². The lowest BCUT2D eigenvalue weighted by atomic mass is 10.0. The van der Waals surface area contributed by atoms with Gasteiger partial charge in [-0.3, -0.25) is 4.79 Å². The molecule has 1 rings (SSSR count). The number of nitrogens with one attached hydrogen (secondary N) is 2. The van der Waals surface area contributed by atoms with Gasteiger partial charge in [0.25, 0.3) is 15.9 Å². The first kappa shape index (κ1) is 21.4. The van der Waals surface area contributed by atoms with E-state index in [4.69, 9.17) is 10.00 Å². The van der Waals surface area contributed by atoms with E-state index in [2.05, 4.69) is 5.32 Å². The average Bonchev–Trinajstić information content (AvgIpc) is 2.50. The number of ether oxygens (including phenoxy) is 1. The van der Waals surface area contributed by atoms with Gasteiger partial charge in [-0.05, 0) is 44.9 Å². The lowest BCUT2D eigenvalue weighted by Gasteiger charge is -2.25. The molecule has 0 aliphatic carbocycles. The number of hydrogen-bond acceptors (Lipinski definition) is 6. The van der Waals surface area contributed by atoms with Crippen LogP contribution in [0.3, 0.4) is 0 Å². The second-order valence-electron chi connectivity index (χ2n) is 6.98. The van der Waals surface area contributed by atoms with Crippen LogP contribution in [0.2, 0.25) is 0 Å². The van der Waals surface area contributed by atoms with E-state index in [9.17, 15) is 18.0 Å². The first-order valence-corrected chi connectivity index (χ1v) is 9.40. The minimum absolute atomic E-state index is 0.146. The van der Waals surface area contributed by atoms with Crippen molar-refractivity contribution in [2.45, 2.75) is 51.2 Å². The quantitative estimate of drug-likeness (QED) is 0.802. The maximum Gasteiger partial charge on any atom is 0.408 e. The molecule has 1 aromatic carbocycles. The first-order chi connectivity index (χ1) is 11.9. The summed E-state index contributed by atoms with van der Waals surface area (Å²) in [5.41, 5.74) is -0.612. The largest absolute Gasteiger partial charge is 0.444 e. The number of nitriles is 1. The molecular weight excluding hydrogens is 358 g/mol. The average molecular weight is 381 g/mol. The Bertz CT molecular complexity index is 820. The van der Waals surface area contributed by atoms with E-state index in [1.54, 1.807) is 34.6 Å². The molecule has 0 aliphatic heterocycles. The van der Waals surface area contributed by atoms with E-state index < -0.39 is 33.7 Å². The number of carbonyl (C=O) groups excluding carboxylic acids is 2. The Morgan fingerprint density at radius 1 is 1.23 bits per heavy atom. The molecule has 0 spiro atoms. The number of amides is 2. The predicted octanol–water partition coefficient (Wildman–Crippen LogP) is 1.91. The summed E-state index contributed by atoms with van der Waals surface area (Å²) in [7, 11) is -4.18. The van der Waals surface area contributed by atoms with Crippen LogP contribution in [0, 0.1) is 17.2 Å².